The van der Waals surface area contributed by atoms with E-state index >= 15 is 0 Å². The second kappa shape index (κ2) is 9.04. The number of hydrogen-bond donors (Lipinski definition) is 1. The van der Waals surface area contributed by atoms with Gasteiger partial charge in [-0.1, -0.05) is 58.7 Å². The Labute approximate surface area is 209 Å². The third-order valence-electron chi connectivity index (χ3n) is 6.06. The largest absolute Gasteiger partial charge is 0.334 e. The second-order valence-corrected chi connectivity index (χ2v) is 9.35. The van der Waals surface area contributed by atoms with Gasteiger partial charge in [0.05, 0.1) is 17.3 Å². The lowest BCUT2D eigenvalue weighted by atomic mass is 9.94. The van der Waals surface area contributed by atoms with Gasteiger partial charge >= 0.3 is 6.03 Å². The maximum atomic E-state index is 13.4. The number of carbonyl (C=O) groups is 1. The van der Waals surface area contributed by atoms with Crippen molar-refractivity contribution >= 4 is 28.9 Å². The molecule has 0 saturated carbocycles. The highest BCUT2D eigenvalue weighted by Crippen LogP contribution is 2.40. The Morgan fingerprint density at radius 2 is 1.66 bits per heavy atom. The molecule has 1 aliphatic rings. The van der Waals surface area contributed by atoms with Crippen LogP contribution in [0.15, 0.2) is 77.0 Å². The van der Waals surface area contributed by atoms with Gasteiger partial charge in [0.2, 0.25) is 5.82 Å². The lowest BCUT2D eigenvalue weighted by molar-refractivity contribution is 0.244. The molecular weight excluding hydrogens is 460 g/mol. The van der Waals surface area contributed by atoms with E-state index in [1.165, 1.54) is 0 Å². The molecule has 1 aromatic heterocycles. The van der Waals surface area contributed by atoms with Gasteiger partial charge in [-0.3, -0.25) is 4.90 Å². The molecule has 0 bridgehead atoms. The standard InChI is InChI=1S/C28H25ClN4O2/c1-16-7-5-9-21(12-16)26-31-27(35-32-26)24-19(4)33(23-13-17(2)11-18(3)14-23)28(34)30-25(24)20-8-6-10-22(29)15-20/h5-15,25H,1-4H3,(H,30,34). The van der Waals surface area contributed by atoms with Gasteiger partial charge in [0.15, 0.2) is 0 Å². The summed E-state index contributed by atoms with van der Waals surface area (Å²) in [7, 11) is 0. The molecule has 2 heterocycles. The number of nitrogens with zero attached hydrogens (tertiary/aromatic N) is 3. The molecular formula is C28H25ClN4O2. The smallest absolute Gasteiger partial charge is 0.326 e. The van der Waals surface area contributed by atoms with Crippen molar-refractivity contribution in [3.8, 4) is 11.4 Å². The van der Waals surface area contributed by atoms with Gasteiger partial charge in [-0.05, 0) is 74.7 Å². The van der Waals surface area contributed by atoms with E-state index in [1.54, 1.807) is 11.0 Å². The molecule has 3 aromatic carbocycles. The monoisotopic (exact) mass is 484 g/mol. The van der Waals surface area contributed by atoms with E-state index in [4.69, 9.17) is 21.1 Å². The van der Waals surface area contributed by atoms with Crippen LogP contribution in [0.1, 0.15) is 41.1 Å². The summed E-state index contributed by atoms with van der Waals surface area (Å²) in [6.45, 7) is 7.95. The van der Waals surface area contributed by atoms with Crippen LogP contribution in [0.25, 0.3) is 17.0 Å². The Kier molecular flexibility index (Phi) is 5.91. The molecule has 176 valence electrons. The van der Waals surface area contributed by atoms with Crippen molar-refractivity contribution < 1.29 is 9.32 Å². The maximum Gasteiger partial charge on any atom is 0.326 e. The van der Waals surface area contributed by atoms with Gasteiger partial charge in [0.25, 0.3) is 5.89 Å². The third-order valence-corrected chi connectivity index (χ3v) is 6.30. The summed E-state index contributed by atoms with van der Waals surface area (Å²) in [6.07, 6.45) is 0. The number of carbonyl (C=O) groups excluding carboxylic acids is 1. The Bertz CT molecular complexity index is 1450. The van der Waals surface area contributed by atoms with Gasteiger partial charge in [-0.15, -0.1) is 0 Å². The summed E-state index contributed by atoms with van der Waals surface area (Å²) in [4.78, 5) is 19.8. The van der Waals surface area contributed by atoms with Crippen molar-refractivity contribution in [2.45, 2.75) is 33.7 Å². The highest BCUT2D eigenvalue weighted by molar-refractivity contribution is 6.30. The lowest BCUT2D eigenvalue weighted by Crippen LogP contribution is -2.46. The molecule has 6 nitrogen and oxygen atoms in total. The highest BCUT2D eigenvalue weighted by Gasteiger charge is 2.36. The van der Waals surface area contributed by atoms with Crippen LogP contribution < -0.4 is 10.2 Å². The fourth-order valence-corrected chi connectivity index (χ4v) is 4.78. The quantitative estimate of drug-likeness (QED) is 0.338. The van der Waals surface area contributed by atoms with Crippen molar-refractivity contribution in [1.29, 1.82) is 0 Å². The summed E-state index contributed by atoms with van der Waals surface area (Å²) < 4.78 is 5.79. The van der Waals surface area contributed by atoms with Crippen molar-refractivity contribution in [3.63, 3.8) is 0 Å². The Balaban J connectivity index is 1.68. The first-order valence-electron chi connectivity index (χ1n) is 11.4. The van der Waals surface area contributed by atoms with Crippen LogP contribution in [-0.4, -0.2) is 16.2 Å². The molecule has 1 aliphatic heterocycles. The number of aryl methyl sites for hydroxylation is 3. The number of halogens is 1. The van der Waals surface area contributed by atoms with Crippen LogP contribution in [0.5, 0.6) is 0 Å². The van der Waals surface area contributed by atoms with E-state index in [0.717, 1.165) is 39.1 Å². The van der Waals surface area contributed by atoms with Crippen molar-refractivity contribution in [2.75, 3.05) is 4.90 Å². The zero-order valence-electron chi connectivity index (χ0n) is 20.0. The van der Waals surface area contributed by atoms with Gasteiger partial charge in [-0.25, -0.2) is 4.79 Å². The molecule has 4 aromatic rings. The number of amides is 2. The number of allylic oxidation sites excluding steroid dienone is 1. The van der Waals surface area contributed by atoms with Crippen molar-refractivity contribution in [3.05, 3.63) is 106 Å². The number of benzene rings is 3. The van der Waals surface area contributed by atoms with Crippen LogP contribution in [0.4, 0.5) is 10.5 Å². The zero-order chi connectivity index (χ0) is 24.7. The average molecular weight is 485 g/mol. The Hall–Kier alpha value is -3.90. The Morgan fingerprint density at radius 3 is 2.37 bits per heavy atom. The normalized spacial score (nSPS) is 16.0. The molecule has 0 saturated heterocycles. The number of hydrogen-bond acceptors (Lipinski definition) is 4. The van der Waals surface area contributed by atoms with Gasteiger partial charge < -0.3 is 9.84 Å². The van der Waals surface area contributed by atoms with E-state index < -0.39 is 6.04 Å². The topological polar surface area (TPSA) is 71.3 Å². The molecule has 0 fully saturated rings. The van der Waals surface area contributed by atoms with Crippen LogP contribution in [0.3, 0.4) is 0 Å². The molecule has 0 spiro atoms. The van der Waals surface area contributed by atoms with Crippen molar-refractivity contribution in [1.82, 2.24) is 15.5 Å². The molecule has 1 unspecified atom stereocenters. The summed E-state index contributed by atoms with van der Waals surface area (Å²) in [5, 5.41) is 7.96. The van der Waals surface area contributed by atoms with E-state index in [2.05, 4.69) is 16.5 Å². The average Bonchev–Trinajstić information content (AvgIpc) is 3.28. The molecule has 0 aliphatic carbocycles. The SMILES string of the molecule is CC1=C(c2nc(-c3cccc(C)c3)no2)C(c2cccc(Cl)c2)NC(=O)N1c1cc(C)cc(C)c1. The van der Waals surface area contributed by atoms with Gasteiger partial charge in [-0.2, -0.15) is 4.98 Å². The fraction of sp³-hybridized carbons (Fsp3) is 0.179. The Morgan fingerprint density at radius 1 is 0.914 bits per heavy atom. The fourth-order valence-electron chi connectivity index (χ4n) is 4.58. The predicted octanol–water partition coefficient (Wildman–Crippen LogP) is 7.02. The minimum atomic E-state index is -0.505. The van der Waals surface area contributed by atoms with Crippen molar-refractivity contribution in [2.24, 2.45) is 0 Å². The summed E-state index contributed by atoms with van der Waals surface area (Å²) in [6, 6.07) is 20.7. The first kappa shape index (κ1) is 22.9. The second-order valence-electron chi connectivity index (χ2n) is 8.91. The number of urea groups is 1. The van der Waals surface area contributed by atoms with E-state index in [-0.39, 0.29) is 6.03 Å². The van der Waals surface area contributed by atoms with E-state index in [1.807, 2.05) is 82.3 Å². The number of aromatic nitrogens is 2. The summed E-state index contributed by atoms with van der Waals surface area (Å²) in [5.74, 6) is 0.835. The minimum Gasteiger partial charge on any atom is -0.334 e. The lowest BCUT2D eigenvalue weighted by Gasteiger charge is -2.35. The van der Waals surface area contributed by atoms with Crippen LogP contribution in [-0.2, 0) is 0 Å². The van der Waals surface area contributed by atoms with Crippen LogP contribution in [0, 0.1) is 20.8 Å². The number of rotatable bonds is 4. The highest BCUT2D eigenvalue weighted by atomic mass is 35.5. The molecule has 7 heteroatoms. The van der Waals surface area contributed by atoms with Crippen LogP contribution >= 0.6 is 11.6 Å². The maximum absolute atomic E-state index is 13.4. The molecule has 2 amide bonds. The minimum absolute atomic E-state index is 0.236. The third kappa shape index (κ3) is 4.45. The van der Waals surface area contributed by atoms with Crippen LogP contribution in [0.2, 0.25) is 5.02 Å². The predicted molar refractivity (Wildman–Crippen MR) is 138 cm³/mol. The zero-order valence-corrected chi connectivity index (χ0v) is 20.7. The molecule has 0 radical (unpaired) electrons. The summed E-state index contributed by atoms with van der Waals surface area (Å²) >= 11 is 6.30. The van der Waals surface area contributed by atoms with Gasteiger partial charge in [0, 0.05) is 16.3 Å². The van der Waals surface area contributed by atoms with E-state index in [0.29, 0.717) is 22.4 Å². The molecule has 1 N–H and O–H groups in total. The number of anilines is 1. The molecule has 35 heavy (non-hydrogen) atoms. The van der Waals surface area contributed by atoms with Gasteiger partial charge in [0.1, 0.15) is 0 Å². The summed E-state index contributed by atoms with van der Waals surface area (Å²) in [5.41, 5.74) is 7.14. The first-order chi connectivity index (χ1) is 16.8. The molecule has 1 atom stereocenters. The molecule has 5 rings (SSSR count). The first-order valence-corrected chi connectivity index (χ1v) is 11.7. The number of nitrogens with one attached hydrogen (secondary N) is 1. The van der Waals surface area contributed by atoms with E-state index in [9.17, 15) is 4.79 Å².